The van der Waals surface area contributed by atoms with Gasteiger partial charge in [-0.1, -0.05) is 0 Å². The van der Waals surface area contributed by atoms with E-state index in [4.69, 9.17) is 10.1 Å². The molecule has 0 radical (unpaired) electrons. The van der Waals surface area contributed by atoms with Crippen LogP contribution in [0.1, 0.15) is 2.85 Å². The fourth-order valence-electron chi connectivity index (χ4n) is 0. The van der Waals surface area contributed by atoms with Crippen molar-refractivity contribution in [3.05, 3.63) is 4.91 Å². The standard InChI is InChI=1S/Ca.HNO2.H2O.2H/c;2-1-3;;;/h;(H,2,3);1H2;;/q+2;;;2*-1. The fraction of sp³-hybridized carbons (Fsp3) is 0. The van der Waals surface area contributed by atoms with Gasteiger partial charge in [-0.05, 0) is 0 Å². The molecule has 0 spiro atoms. The molecule has 0 saturated heterocycles. The van der Waals surface area contributed by atoms with Crippen molar-refractivity contribution in [2.75, 3.05) is 0 Å². The number of nitrogens with zero attached hydrogens (tertiary/aromatic N) is 1. The average Bonchev–Trinajstić information content (AvgIpc) is 0.918. The zero-order valence-electron chi connectivity index (χ0n) is 4.51. The summed E-state index contributed by atoms with van der Waals surface area (Å²) in [6.07, 6.45) is 0. The summed E-state index contributed by atoms with van der Waals surface area (Å²) in [5.41, 5.74) is 0. The van der Waals surface area contributed by atoms with Crippen molar-refractivity contribution in [3.8, 4) is 0 Å². The maximum absolute atomic E-state index is 8.11. The number of rotatable bonds is 0. The number of hydrogen-bond acceptors (Lipinski definition) is 2. The third-order valence-corrected chi connectivity index (χ3v) is 0. The summed E-state index contributed by atoms with van der Waals surface area (Å²) in [5, 5.41) is 7.89. The molecule has 5 heavy (non-hydrogen) atoms. The van der Waals surface area contributed by atoms with E-state index >= 15 is 0 Å². The third-order valence-electron chi connectivity index (χ3n) is 0. The van der Waals surface area contributed by atoms with Crippen LogP contribution >= 0.6 is 0 Å². The Bertz CT molecular complexity index is 20.4. The molecule has 0 amide bonds. The van der Waals surface area contributed by atoms with Crippen LogP contribution in [-0.2, 0) is 0 Å². The molecule has 0 fully saturated rings. The van der Waals surface area contributed by atoms with Crippen molar-refractivity contribution in [2.24, 2.45) is 5.34 Å². The summed E-state index contributed by atoms with van der Waals surface area (Å²) >= 11 is 0. The van der Waals surface area contributed by atoms with Crippen LogP contribution < -0.4 is 0 Å². The van der Waals surface area contributed by atoms with Crippen molar-refractivity contribution in [1.82, 2.24) is 0 Å². The molecule has 3 N–H and O–H groups in total. The Morgan fingerprint density at radius 1 is 1.80 bits per heavy atom. The van der Waals surface area contributed by atoms with E-state index in [2.05, 4.69) is 0 Å². The van der Waals surface area contributed by atoms with Crippen molar-refractivity contribution >= 4 is 37.7 Å². The Kier molecular flexibility index (Phi) is 80.6. The molecule has 5 heteroatoms. The smallest absolute Gasteiger partial charge is 1.00 e. The second-order valence-electron chi connectivity index (χ2n) is 0.0816. The van der Waals surface area contributed by atoms with Gasteiger partial charge in [0.25, 0.3) is 0 Å². The van der Waals surface area contributed by atoms with Crippen LogP contribution in [0.4, 0.5) is 0 Å². The molecule has 0 bridgehead atoms. The van der Waals surface area contributed by atoms with Gasteiger partial charge in [-0.3, -0.25) is 0 Å². The summed E-state index contributed by atoms with van der Waals surface area (Å²) in [4.78, 5) is 8.11. The summed E-state index contributed by atoms with van der Waals surface area (Å²) in [6.45, 7) is 0. The van der Waals surface area contributed by atoms with Gasteiger partial charge >= 0.3 is 37.7 Å². The van der Waals surface area contributed by atoms with Gasteiger partial charge in [-0.2, -0.15) is 0 Å². The van der Waals surface area contributed by atoms with Crippen LogP contribution in [0, 0.1) is 4.91 Å². The molecular weight excluding hydrogens is 102 g/mol. The molecule has 0 aliphatic rings. The predicted octanol–water partition coefficient (Wildman–Crippen LogP) is -0.839. The van der Waals surface area contributed by atoms with E-state index in [-0.39, 0.29) is 46.1 Å². The van der Waals surface area contributed by atoms with Gasteiger partial charge in [0, 0.05) is 0 Å². The van der Waals surface area contributed by atoms with Crippen LogP contribution in [0.5, 0.6) is 0 Å². The average molecular weight is 107 g/mol. The summed E-state index contributed by atoms with van der Waals surface area (Å²) in [5.74, 6) is 0. The maximum atomic E-state index is 8.11. The maximum Gasteiger partial charge on any atom is 2.00 e. The first-order valence-electron chi connectivity index (χ1n) is 0.383. The normalized spacial score (nSPS) is 2.40. The minimum absolute atomic E-state index is 0. The monoisotopic (exact) mass is 107 g/mol. The molecule has 0 atom stereocenters. The largest absolute Gasteiger partial charge is 2.00 e. The molecular formula is H5CaNO3. The molecule has 0 unspecified atom stereocenters. The van der Waals surface area contributed by atoms with Crippen molar-refractivity contribution < 1.29 is 13.5 Å². The van der Waals surface area contributed by atoms with Crippen LogP contribution in [0.15, 0.2) is 5.34 Å². The Labute approximate surface area is 61.4 Å². The summed E-state index contributed by atoms with van der Waals surface area (Å²) < 4.78 is 0. The minimum Gasteiger partial charge on any atom is -1.00 e. The second kappa shape index (κ2) is 23.1. The van der Waals surface area contributed by atoms with Crippen molar-refractivity contribution in [2.45, 2.75) is 0 Å². The molecule has 0 saturated carbocycles. The molecule has 0 aliphatic carbocycles. The van der Waals surface area contributed by atoms with Gasteiger partial charge in [-0.15, -0.1) is 4.91 Å². The predicted molar refractivity (Wildman–Crippen MR) is 19.2 cm³/mol. The molecule has 4 nitrogen and oxygen atoms in total. The van der Waals surface area contributed by atoms with E-state index in [0.717, 1.165) is 0 Å². The first-order chi connectivity index (χ1) is 1.41. The van der Waals surface area contributed by atoms with Gasteiger partial charge in [0.05, 0.1) is 0 Å². The Morgan fingerprint density at radius 2 is 1.80 bits per heavy atom. The van der Waals surface area contributed by atoms with E-state index in [1.807, 2.05) is 0 Å². The van der Waals surface area contributed by atoms with Crippen LogP contribution in [0.3, 0.4) is 0 Å². The SMILES string of the molecule is O.O=NO.[Ca+2].[H-].[H-]. The summed E-state index contributed by atoms with van der Waals surface area (Å²) in [7, 11) is 0. The molecule has 0 aromatic rings. The van der Waals surface area contributed by atoms with Gasteiger partial charge in [0.2, 0.25) is 0 Å². The van der Waals surface area contributed by atoms with E-state index < -0.39 is 0 Å². The first-order valence-corrected chi connectivity index (χ1v) is 0.383. The Balaban J connectivity index is -0.00000000333. The molecule has 0 aromatic carbocycles. The van der Waals surface area contributed by atoms with Gasteiger partial charge < -0.3 is 13.5 Å². The van der Waals surface area contributed by atoms with Crippen LogP contribution in [0.25, 0.3) is 0 Å². The Morgan fingerprint density at radius 3 is 1.80 bits per heavy atom. The van der Waals surface area contributed by atoms with Crippen LogP contribution in [0.2, 0.25) is 0 Å². The van der Waals surface area contributed by atoms with Gasteiger partial charge in [0.1, 0.15) is 0 Å². The molecule has 0 aromatic heterocycles. The molecule has 0 heterocycles. The molecule has 0 aliphatic heterocycles. The van der Waals surface area contributed by atoms with E-state index in [1.54, 1.807) is 0 Å². The summed E-state index contributed by atoms with van der Waals surface area (Å²) in [6, 6.07) is 0. The van der Waals surface area contributed by atoms with Gasteiger partial charge in [-0.25, -0.2) is 0 Å². The molecule has 30 valence electrons. The minimum atomic E-state index is 0. The van der Waals surface area contributed by atoms with E-state index in [9.17, 15) is 0 Å². The number of hydrogen-bond donors (Lipinski definition) is 1. The van der Waals surface area contributed by atoms with E-state index in [0.29, 0.717) is 0 Å². The Hall–Kier alpha value is 0.620. The van der Waals surface area contributed by atoms with Crippen LogP contribution in [-0.4, -0.2) is 48.4 Å². The zero-order valence-corrected chi connectivity index (χ0v) is 4.72. The quantitative estimate of drug-likeness (QED) is 0.249. The topological polar surface area (TPSA) is 81.2 Å². The first kappa shape index (κ1) is 17.5. The van der Waals surface area contributed by atoms with Crippen molar-refractivity contribution in [3.63, 3.8) is 0 Å². The third kappa shape index (κ3) is 82.5. The second-order valence-corrected chi connectivity index (χ2v) is 0.0816. The zero-order chi connectivity index (χ0) is 2.71. The van der Waals surface area contributed by atoms with E-state index in [1.165, 1.54) is 5.34 Å². The van der Waals surface area contributed by atoms with Gasteiger partial charge in [0.15, 0.2) is 5.34 Å². The molecule has 0 rings (SSSR count). The fourth-order valence-corrected chi connectivity index (χ4v) is 0. The van der Waals surface area contributed by atoms with Crippen molar-refractivity contribution in [1.29, 1.82) is 0 Å².